The standard InChI is InChI=1S/C20H27NO5/c1-19(2)22-13-16(24-19)18-17(25-20(3,4)26-18)15-10-11-23-21(15)12-14-8-6-5-7-9-14/h5-11,15-18H,12-13H2,1-4H3/t15-,16+,17-,18-/m0/s1. The predicted molar refractivity (Wildman–Crippen MR) is 94.7 cm³/mol. The molecule has 0 spiro atoms. The van der Waals surface area contributed by atoms with Crippen LogP contribution >= 0.6 is 0 Å². The molecule has 0 bridgehead atoms. The summed E-state index contributed by atoms with van der Waals surface area (Å²) < 4.78 is 24.3. The van der Waals surface area contributed by atoms with Crippen LogP contribution in [0, 0.1) is 0 Å². The van der Waals surface area contributed by atoms with Crippen molar-refractivity contribution in [3.63, 3.8) is 0 Å². The maximum absolute atomic E-state index is 6.26. The van der Waals surface area contributed by atoms with Gasteiger partial charge in [0.2, 0.25) is 0 Å². The van der Waals surface area contributed by atoms with Crippen molar-refractivity contribution in [3.05, 3.63) is 48.2 Å². The second-order valence-electron chi connectivity index (χ2n) is 7.92. The molecule has 0 saturated carbocycles. The van der Waals surface area contributed by atoms with Crippen molar-refractivity contribution in [2.24, 2.45) is 0 Å². The summed E-state index contributed by atoms with van der Waals surface area (Å²) in [6, 6.07) is 10.2. The molecule has 4 rings (SSSR count). The lowest BCUT2D eigenvalue weighted by molar-refractivity contribution is -0.177. The van der Waals surface area contributed by atoms with Crippen LogP contribution in [0.1, 0.15) is 33.3 Å². The van der Waals surface area contributed by atoms with E-state index < -0.39 is 11.6 Å². The number of hydrogen-bond donors (Lipinski definition) is 0. The third kappa shape index (κ3) is 3.66. The molecule has 142 valence electrons. The van der Waals surface area contributed by atoms with Crippen molar-refractivity contribution in [1.29, 1.82) is 0 Å². The van der Waals surface area contributed by atoms with Gasteiger partial charge in [-0.2, -0.15) is 0 Å². The monoisotopic (exact) mass is 361 g/mol. The summed E-state index contributed by atoms with van der Waals surface area (Å²) >= 11 is 0. The number of hydrogen-bond acceptors (Lipinski definition) is 6. The molecule has 2 saturated heterocycles. The summed E-state index contributed by atoms with van der Waals surface area (Å²) in [5, 5.41) is 1.93. The molecule has 0 amide bonds. The minimum Gasteiger partial charge on any atom is -0.413 e. The number of benzene rings is 1. The average Bonchev–Trinajstić information content (AvgIpc) is 3.25. The molecule has 0 radical (unpaired) electrons. The van der Waals surface area contributed by atoms with Crippen molar-refractivity contribution in [2.45, 2.75) is 70.2 Å². The summed E-state index contributed by atoms with van der Waals surface area (Å²) in [4.78, 5) is 5.75. The van der Waals surface area contributed by atoms with Crippen molar-refractivity contribution < 1.29 is 23.8 Å². The van der Waals surface area contributed by atoms with E-state index in [0.29, 0.717) is 13.2 Å². The molecule has 3 heterocycles. The number of ether oxygens (including phenoxy) is 4. The molecule has 26 heavy (non-hydrogen) atoms. The van der Waals surface area contributed by atoms with Crippen LogP contribution in [0.3, 0.4) is 0 Å². The second-order valence-corrected chi connectivity index (χ2v) is 7.92. The lowest BCUT2D eigenvalue weighted by atomic mass is 10.0. The fourth-order valence-electron chi connectivity index (χ4n) is 3.79. The van der Waals surface area contributed by atoms with E-state index in [9.17, 15) is 0 Å². The molecule has 6 nitrogen and oxygen atoms in total. The first-order chi connectivity index (χ1) is 12.3. The SMILES string of the molecule is CC1(C)O[C@@H]([C@H]2COC(C)(C)O2)[C@H]([C@@H]2C=CON2Cc2ccccc2)O1. The Labute approximate surface area is 154 Å². The van der Waals surface area contributed by atoms with Gasteiger partial charge in [0.05, 0.1) is 19.2 Å². The van der Waals surface area contributed by atoms with Gasteiger partial charge < -0.3 is 23.8 Å². The fourth-order valence-corrected chi connectivity index (χ4v) is 3.79. The zero-order valence-electron chi connectivity index (χ0n) is 15.8. The zero-order valence-corrected chi connectivity index (χ0v) is 15.8. The lowest BCUT2D eigenvalue weighted by Crippen LogP contribution is -2.48. The van der Waals surface area contributed by atoms with E-state index in [4.69, 9.17) is 23.8 Å². The van der Waals surface area contributed by atoms with E-state index >= 15 is 0 Å². The molecular weight excluding hydrogens is 334 g/mol. The van der Waals surface area contributed by atoms with E-state index in [0.717, 1.165) is 0 Å². The van der Waals surface area contributed by atoms with Crippen LogP contribution in [0.25, 0.3) is 0 Å². The Morgan fingerprint density at radius 1 is 0.962 bits per heavy atom. The third-order valence-electron chi connectivity index (χ3n) is 4.88. The summed E-state index contributed by atoms with van der Waals surface area (Å²) in [7, 11) is 0. The van der Waals surface area contributed by atoms with Crippen LogP contribution in [0.15, 0.2) is 42.7 Å². The molecule has 0 aromatic heterocycles. The lowest BCUT2D eigenvalue weighted by Gasteiger charge is -2.30. The Hall–Kier alpha value is -1.44. The average molecular weight is 361 g/mol. The van der Waals surface area contributed by atoms with Gasteiger partial charge in [0, 0.05) is 0 Å². The Morgan fingerprint density at radius 2 is 1.69 bits per heavy atom. The van der Waals surface area contributed by atoms with Crippen LogP contribution < -0.4 is 0 Å². The Kier molecular flexibility index (Phi) is 4.57. The van der Waals surface area contributed by atoms with Crippen LogP contribution in [0.2, 0.25) is 0 Å². The van der Waals surface area contributed by atoms with Gasteiger partial charge in [-0.05, 0) is 39.3 Å². The van der Waals surface area contributed by atoms with Crippen molar-refractivity contribution >= 4 is 0 Å². The van der Waals surface area contributed by atoms with Crippen LogP contribution in [0.5, 0.6) is 0 Å². The van der Waals surface area contributed by atoms with Crippen LogP contribution in [-0.4, -0.2) is 47.6 Å². The van der Waals surface area contributed by atoms with E-state index in [2.05, 4.69) is 12.1 Å². The van der Waals surface area contributed by atoms with Gasteiger partial charge in [-0.1, -0.05) is 30.3 Å². The number of rotatable bonds is 4. The highest BCUT2D eigenvalue weighted by Crippen LogP contribution is 2.39. The molecule has 6 heteroatoms. The normalized spacial score (nSPS) is 35.7. The van der Waals surface area contributed by atoms with Crippen molar-refractivity contribution in [3.8, 4) is 0 Å². The number of hydroxylamine groups is 2. The van der Waals surface area contributed by atoms with Crippen LogP contribution in [0.4, 0.5) is 0 Å². The van der Waals surface area contributed by atoms with E-state index in [1.54, 1.807) is 6.26 Å². The first kappa shape index (κ1) is 17.9. The Bertz CT molecular complexity index is 659. The quantitative estimate of drug-likeness (QED) is 0.822. The van der Waals surface area contributed by atoms with Crippen LogP contribution in [-0.2, 0) is 30.3 Å². The molecule has 0 aliphatic carbocycles. The van der Waals surface area contributed by atoms with Gasteiger partial charge in [-0.25, -0.2) is 0 Å². The molecular formula is C20H27NO5. The smallest absolute Gasteiger partial charge is 0.163 e. The van der Waals surface area contributed by atoms with Gasteiger partial charge in [0.1, 0.15) is 24.6 Å². The minimum absolute atomic E-state index is 0.0608. The molecule has 2 fully saturated rings. The largest absolute Gasteiger partial charge is 0.413 e. The maximum Gasteiger partial charge on any atom is 0.163 e. The first-order valence-electron chi connectivity index (χ1n) is 9.14. The highest BCUT2D eigenvalue weighted by Gasteiger charge is 2.53. The van der Waals surface area contributed by atoms with Gasteiger partial charge in [-0.3, -0.25) is 0 Å². The topological polar surface area (TPSA) is 49.4 Å². The van der Waals surface area contributed by atoms with E-state index in [-0.39, 0.29) is 24.4 Å². The summed E-state index contributed by atoms with van der Waals surface area (Å²) in [5.74, 6) is -1.28. The summed E-state index contributed by atoms with van der Waals surface area (Å²) in [6.07, 6.45) is 3.11. The molecule has 1 aromatic rings. The zero-order chi connectivity index (χ0) is 18.4. The van der Waals surface area contributed by atoms with Gasteiger partial charge in [-0.15, -0.1) is 5.06 Å². The molecule has 0 unspecified atom stereocenters. The van der Waals surface area contributed by atoms with Crippen molar-refractivity contribution in [2.75, 3.05) is 6.61 Å². The van der Waals surface area contributed by atoms with Gasteiger partial charge in [0.25, 0.3) is 0 Å². The Balaban J connectivity index is 1.52. The number of nitrogens with zero attached hydrogens (tertiary/aromatic N) is 1. The molecule has 0 N–H and O–H groups in total. The van der Waals surface area contributed by atoms with Gasteiger partial charge >= 0.3 is 0 Å². The Morgan fingerprint density at radius 3 is 2.38 bits per heavy atom. The van der Waals surface area contributed by atoms with E-state index in [1.165, 1.54) is 5.56 Å². The molecule has 4 atom stereocenters. The molecule has 3 aliphatic heterocycles. The minimum atomic E-state index is -0.680. The summed E-state index contributed by atoms with van der Waals surface area (Å²) in [6.45, 7) is 8.86. The van der Waals surface area contributed by atoms with Gasteiger partial charge in [0.15, 0.2) is 11.6 Å². The molecule has 3 aliphatic rings. The fraction of sp³-hybridized carbons (Fsp3) is 0.600. The highest BCUT2D eigenvalue weighted by atomic mass is 16.8. The summed E-state index contributed by atoms with van der Waals surface area (Å²) in [5.41, 5.74) is 1.18. The first-order valence-corrected chi connectivity index (χ1v) is 9.14. The predicted octanol–water partition coefficient (Wildman–Crippen LogP) is 2.99. The maximum atomic E-state index is 6.26. The second kappa shape index (κ2) is 6.62. The van der Waals surface area contributed by atoms with E-state index in [1.807, 2.05) is 57.0 Å². The third-order valence-corrected chi connectivity index (χ3v) is 4.88. The van der Waals surface area contributed by atoms with Crippen molar-refractivity contribution in [1.82, 2.24) is 5.06 Å². The molecule has 1 aromatic carbocycles. The highest BCUT2D eigenvalue weighted by molar-refractivity contribution is 5.16.